The lowest BCUT2D eigenvalue weighted by molar-refractivity contribution is 0.0232. The number of amides is 1. The number of rotatable bonds is 4. The van der Waals surface area contributed by atoms with Crippen molar-refractivity contribution < 1.29 is 9.90 Å². The Balaban J connectivity index is 2.02. The number of nitrogens with one attached hydrogen (secondary N) is 1. The molecule has 1 fully saturated rings. The molecule has 2 N–H and O–H groups in total. The molecule has 5 nitrogen and oxygen atoms in total. The summed E-state index contributed by atoms with van der Waals surface area (Å²) in [6, 6.07) is 1.82. The van der Waals surface area contributed by atoms with E-state index in [4.69, 9.17) is 0 Å². The van der Waals surface area contributed by atoms with Gasteiger partial charge in [-0.3, -0.25) is 4.79 Å². The van der Waals surface area contributed by atoms with E-state index in [0.29, 0.717) is 17.4 Å². The fourth-order valence-electron chi connectivity index (χ4n) is 2.59. The van der Waals surface area contributed by atoms with Gasteiger partial charge in [-0.2, -0.15) is 0 Å². The molecule has 19 heavy (non-hydrogen) atoms. The summed E-state index contributed by atoms with van der Waals surface area (Å²) < 4.78 is 0. The van der Waals surface area contributed by atoms with E-state index < -0.39 is 0 Å². The normalized spacial score (nSPS) is 23.6. The third-order valence-corrected chi connectivity index (χ3v) is 3.67. The second-order valence-electron chi connectivity index (χ2n) is 5.32. The molecular formula is C14H21N3O2. The van der Waals surface area contributed by atoms with E-state index in [1.807, 2.05) is 13.8 Å². The highest BCUT2D eigenvalue weighted by molar-refractivity contribution is 5.92. The number of aliphatic hydroxyl groups excluding tert-OH is 1. The molecule has 1 heterocycles. The molecule has 1 saturated carbocycles. The van der Waals surface area contributed by atoms with Crippen molar-refractivity contribution in [3.63, 3.8) is 0 Å². The zero-order chi connectivity index (χ0) is 14.0. The Labute approximate surface area is 113 Å². The van der Waals surface area contributed by atoms with E-state index >= 15 is 0 Å². The van der Waals surface area contributed by atoms with Crippen LogP contribution in [0.4, 0.5) is 0 Å². The zero-order valence-corrected chi connectivity index (χ0v) is 11.7. The molecule has 0 saturated heterocycles. The first-order valence-electron chi connectivity index (χ1n) is 6.80. The van der Waals surface area contributed by atoms with Crippen LogP contribution in [0.1, 0.15) is 48.2 Å². The van der Waals surface area contributed by atoms with Gasteiger partial charge in [0.05, 0.1) is 6.10 Å². The first-order chi connectivity index (χ1) is 8.99. The van der Waals surface area contributed by atoms with E-state index in [1.165, 1.54) is 0 Å². The van der Waals surface area contributed by atoms with Crippen LogP contribution in [-0.4, -0.2) is 33.1 Å². The number of carbonyl (C=O) groups is 1. The number of carbonyl (C=O) groups excluding carboxylic acids is 1. The molecule has 2 rings (SSSR count). The Morgan fingerprint density at radius 2 is 2.16 bits per heavy atom. The lowest BCUT2D eigenvalue weighted by Gasteiger charge is -2.37. The van der Waals surface area contributed by atoms with Gasteiger partial charge in [-0.1, -0.05) is 6.92 Å². The summed E-state index contributed by atoms with van der Waals surface area (Å²) in [6.07, 6.45) is 2.23. The van der Waals surface area contributed by atoms with Crippen molar-refractivity contribution in [3.8, 4) is 0 Å². The highest BCUT2D eigenvalue weighted by Crippen LogP contribution is 2.31. The van der Waals surface area contributed by atoms with Crippen LogP contribution in [-0.2, 0) is 0 Å². The lowest BCUT2D eigenvalue weighted by Crippen LogP contribution is -2.46. The molecule has 1 aromatic heterocycles. The van der Waals surface area contributed by atoms with E-state index in [2.05, 4.69) is 15.3 Å². The first kappa shape index (κ1) is 13.9. The third-order valence-electron chi connectivity index (χ3n) is 3.67. The van der Waals surface area contributed by atoms with Crippen molar-refractivity contribution in [1.29, 1.82) is 0 Å². The molecule has 1 unspecified atom stereocenters. The maximum Gasteiger partial charge on any atom is 0.270 e. The Morgan fingerprint density at radius 1 is 1.47 bits per heavy atom. The Hall–Kier alpha value is -1.49. The molecule has 0 aliphatic heterocycles. The SMILES string of the molecule is CCC(NC(=O)c1cc(C)nc(C)n1)C1CC(O)C1. The second-order valence-corrected chi connectivity index (χ2v) is 5.32. The van der Waals surface area contributed by atoms with Gasteiger partial charge in [-0.25, -0.2) is 9.97 Å². The Bertz CT molecular complexity index is 450. The predicted octanol–water partition coefficient (Wildman–Crippen LogP) is 1.37. The predicted molar refractivity (Wildman–Crippen MR) is 71.8 cm³/mol. The van der Waals surface area contributed by atoms with Crippen LogP contribution in [0.15, 0.2) is 6.07 Å². The Kier molecular flexibility index (Phi) is 4.14. The van der Waals surface area contributed by atoms with Crippen molar-refractivity contribution in [3.05, 3.63) is 23.3 Å². The number of aromatic nitrogens is 2. The van der Waals surface area contributed by atoms with E-state index in [9.17, 15) is 9.90 Å². The number of aryl methyl sites for hydroxylation is 2. The van der Waals surface area contributed by atoms with Crippen molar-refractivity contribution in [2.24, 2.45) is 5.92 Å². The van der Waals surface area contributed by atoms with Crippen molar-refractivity contribution >= 4 is 5.91 Å². The number of nitrogens with zero attached hydrogens (tertiary/aromatic N) is 2. The minimum Gasteiger partial charge on any atom is -0.393 e. The monoisotopic (exact) mass is 263 g/mol. The van der Waals surface area contributed by atoms with Gasteiger partial charge in [0.1, 0.15) is 11.5 Å². The second kappa shape index (κ2) is 5.65. The van der Waals surface area contributed by atoms with Gasteiger partial charge in [0.2, 0.25) is 0 Å². The summed E-state index contributed by atoms with van der Waals surface area (Å²) in [5.74, 6) is 0.840. The number of hydrogen-bond acceptors (Lipinski definition) is 4. The molecule has 1 aromatic rings. The van der Waals surface area contributed by atoms with Crippen molar-refractivity contribution in [2.75, 3.05) is 0 Å². The molecular weight excluding hydrogens is 242 g/mol. The summed E-state index contributed by atoms with van der Waals surface area (Å²) in [4.78, 5) is 20.5. The van der Waals surface area contributed by atoms with Crippen LogP contribution in [0, 0.1) is 19.8 Å². The number of hydrogen-bond donors (Lipinski definition) is 2. The maximum absolute atomic E-state index is 12.2. The summed E-state index contributed by atoms with van der Waals surface area (Å²) in [5.41, 5.74) is 1.22. The van der Waals surface area contributed by atoms with Crippen LogP contribution < -0.4 is 5.32 Å². The summed E-state index contributed by atoms with van der Waals surface area (Å²) >= 11 is 0. The van der Waals surface area contributed by atoms with Gasteiger partial charge in [-0.05, 0) is 45.1 Å². The lowest BCUT2D eigenvalue weighted by atomic mass is 9.76. The zero-order valence-electron chi connectivity index (χ0n) is 11.7. The number of aliphatic hydroxyl groups is 1. The highest BCUT2D eigenvalue weighted by atomic mass is 16.3. The fraction of sp³-hybridized carbons (Fsp3) is 0.643. The molecule has 5 heteroatoms. The average Bonchev–Trinajstić information content (AvgIpc) is 2.31. The summed E-state index contributed by atoms with van der Waals surface area (Å²) in [6.45, 7) is 5.68. The summed E-state index contributed by atoms with van der Waals surface area (Å²) in [7, 11) is 0. The molecule has 0 aromatic carbocycles. The highest BCUT2D eigenvalue weighted by Gasteiger charge is 2.34. The van der Waals surface area contributed by atoms with Gasteiger partial charge in [0.15, 0.2) is 0 Å². The summed E-state index contributed by atoms with van der Waals surface area (Å²) in [5, 5.41) is 12.4. The van der Waals surface area contributed by atoms with E-state index in [-0.39, 0.29) is 18.1 Å². The molecule has 1 amide bonds. The molecule has 0 radical (unpaired) electrons. The van der Waals surface area contributed by atoms with E-state index in [1.54, 1.807) is 13.0 Å². The fourth-order valence-corrected chi connectivity index (χ4v) is 2.59. The standard InChI is InChI=1S/C14H21N3O2/c1-4-12(10-6-11(18)7-10)17-14(19)13-5-8(2)15-9(3)16-13/h5,10-12,18H,4,6-7H2,1-3H3,(H,17,19). The minimum absolute atomic E-state index is 0.117. The molecule has 0 spiro atoms. The van der Waals surface area contributed by atoms with Gasteiger partial charge in [-0.15, -0.1) is 0 Å². The molecule has 0 bridgehead atoms. The van der Waals surface area contributed by atoms with Crippen LogP contribution >= 0.6 is 0 Å². The van der Waals surface area contributed by atoms with Gasteiger partial charge < -0.3 is 10.4 Å². The first-order valence-corrected chi connectivity index (χ1v) is 6.80. The third kappa shape index (κ3) is 3.29. The molecule has 1 atom stereocenters. The largest absolute Gasteiger partial charge is 0.393 e. The topological polar surface area (TPSA) is 75.1 Å². The average molecular weight is 263 g/mol. The Morgan fingerprint density at radius 3 is 2.68 bits per heavy atom. The van der Waals surface area contributed by atoms with Crippen LogP contribution in [0.25, 0.3) is 0 Å². The van der Waals surface area contributed by atoms with Crippen LogP contribution in [0.3, 0.4) is 0 Å². The maximum atomic E-state index is 12.2. The molecule has 1 aliphatic carbocycles. The minimum atomic E-state index is -0.195. The van der Waals surface area contributed by atoms with Crippen LogP contribution in [0.2, 0.25) is 0 Å². The smallest absolute Gasteiger partial charge is 0.270 e. The van der Waals surface area contributed by atoms with Crippen molar-refractivity contribution in [1.82, 2.24) is 15.3 Å². The quantitative estimate of drug-likeness (QED) is 0.860. The van der Waals surface area contributed by atoms with E-state index in [0.717, 1.165) is 25.0 Å². The van der Waals surface area contributed by atoms with Gasteiger partial charge in [0, 0.05) is 11.7 Å². The molecule has 1 aliphatic rings. The van der Waals surface area contributed by atoms with Crippen LogP contribution in [0.5, 0.6) is 0 Å². The molecule has 104 valence electrons. The van der Waals surface area contributed by atoms with Gasteiger partial charge in [0.25, 0.3) is 5.91 Å². The van der Waals surface area contributed by atoms with Crippen molar-refractivity contribution in [2.45, 2.75) is 52.2 Å². The van der Waals surface area contributed by atoms with Gasteiger partial charge >= 0.3 is 0 Å².